The Balaban J connectivity index is 2.43. The molecule has 1 heterocycles. The van der Waals surface area contributed by atoms with E-state index in [4.69, 9.17) is 16.3 Å². The highest BCUT2D eigenvalue weighted by atomic mass is 35.5. The molecule has 3 aromatic rings. The van der Waals surface area contributed by atoms with Crippen molar-refractivity contribution in [3.05, 3.63) is 69.0 Å². The monoisotopic (exact) mass is 383 g/mol. The summed E-state index contributed by atoms with van der Waals surface area (Å²) in [6.07, 6.45) is -4.53. The lowest BCUT2D eigenvalue weighted by atomic mass is 10.1. The van der Waals surface area contributed by atoms with E-state index in [2.05, 4.69) is 0 Å². The van der Waals surface area contributed by atoms with E-state index in [1.165, 1.54) is 29.9 Å². The molecule has 0 saturated carbocycles. The summed E-state index contributed by atoms with van der Waals surface area (Å²) in [7, 11) is 1.40. The lowest BCUT2D eigenvalue weighted by Crippen LogP contribution is -2.23. The number of aliphatic hydroxyl groups excluding tert-OH is 1. The molecule has 0 aliphatic rings. The van der Waals surface area contributed by atoms with Crippen molar-refractivity contribution in [2.24, 2.45) is 0 Å². The predicted molar refractivity (Wildman–Crippen MR) is 92.0 cm³/mol. The van der Waals surface area contributed by atoms with Gasteiger partial charge >= 0.3 is 6.18 Å². The van der Waals surface area contributed by atoms with Crippen molar-refractivity contribution in [3.8, 4) is 11.4 Å². The smallest absolute Gasteiger partial charge is 0.416 e. The van der Waals surface area contributed by atoms with Gasteiger partial charge in [-0.05, 0) is 47.9 Å². The van der Waals surface area contributed by atoms with Crippen LogP contribution in [0.1, 0.15) is 11.1 Å². The molecule has 0 radical (unpaired) electrons. The van der Waals surface area contributed by atoms with Crippen LogP contribution in [0.15, 0.2) is 47.3 Å². The second-order valence-corrected chi connectivity index (χ2v) is 5.99. The van der Waals surface area contributed by atoms with Crippen molar-refractivity contribution in [2.75, 3.05) is 7.11 Å². The van der Waals surface area contributed by atoms with Gasteiger partial charge in [0, 0.05) is 10.6 Å². The molecule has 0 amide bonds. The highest BCUT2D eigenvalue weighted by Crippen LogP contribution is 2.33. The molecular formula is C18H13ClF3NO3. The minimum atomic E-state index is -4.53. The zero-order valence-corrected chi connectivity index (χ0v) is 14.2. The second kappa shape index (κ2) is 6.66. The van der Waals surface area contributed by atoms with E-state index in [-0.39, 0.29) is 22.2 Å². The van der Waals surface area contributed by atoms with Crippen molar-refractivity contribution in [1.82, 2.24) is 4.57 Å². The molecule has 136 valence electrons. The number of hydrogen-bond donors (Lipinski definition) is 1. The minimum absolute atomic E-state index is 0.0427. The first-order valence-corrected chi connectivity index (χ1v) is 7.84. The van der Waals surface area contributed by atoms with E-state index >= 15 is 0 Å². The summed E-state index contributed by atoms with van der Waals surface area (Å²) in [6, 6.07) is 8.87. The molecule has 0 atom stereocenters. The Morgan fingerprint density at radius 2 is 1.88 bits per heavy atom. The molecule has 2 aromatic carbocycles. The van der Waals surface area contributed by atoms with Crippen molar-refractivity contribution in [2.45, 2.75) is 12.8 Å². The Morgan fingerprint density at radius 3 is 2.50 bits per heavy atom. The second-order valence-electron chi connectivity index (χ2n) is 5.56. The zero-order chi connectivity index (χ0) is 19.1. The summed E-state index contributed by atoms with van der Waals surface area (Å²) >= 11 is 6.02. The highest BCUT2D eigenvalue weighted by molar-refractivity contribution is 6.30. The van der Waals surface area contributed by atoms with E-state index in [1.807, 2.05) is 0 Å². The zero-order valence-electron chi connectivity index (χ0n) is 13.5. The third-order valence-corrected chi connectivity index (χ3v) is 4.19. The quantitative estimate of drug-likeness (QED) is 0.738. The number of aliphatic hydroxyl groups is 1. The van der Waals surface area contributed by atoms with Crippen LogP contribution in [0.3, 0.4) is 0 Å². The van der Waals surface area contributed by atoms with Gasteiger partial charge in [0.15, 0.2) is 0 Å². The van der Waals surface area contributed by atoms with Crippen LogP contribution in [0.5, 0.6) is 5.75 Å². The first-order valence-electron chi connectivity index (χ1n) is 7.47. The summed E-state index contributed by atoms with van der Waals surface area (Å²) in [5.74, 6) is 0.313. The first-order chi connectivity index (χ1) is 12.3. The molecule has 0 aliphatic carbocycles. The van der Waals surface area contributed by atoms with Gasteiger partial charge in [-0.3, -0.25) is 9.36 Å². The van der Waals surface area contributed by atoms with Crippen LogP contribution in [-0.4, -0.2) is 16.8 Å². The largest absolute Gasteiger partial charge is 0.495 e. The number of ether oxygens (including phenoxy) is 1. The Labute approximate surface area is 151 Å². The molecule has 4 nitrogen and oxygen atoms in total. The number of fused-ring (bicyclic) bond motifs is 1. The van der Waals surface area contributed by atoms with Gasteiger partial charge < -0.3 is 9.84 Å². The van der Waals surface area contributed by atoms with Crippen LogP contribution in [0.2, 0.25) is 5.02 Å². The van der Waals surface area contributed by atoms with Crippen LogP contribution >= 0.6 is 11.6 Å². The molecule has 0 spiro atoms. The number of pyridine rings is 1. The molecule has 26 heavy (non-hydrogen) atoms. The molecule has 0 unspecified atom stereocenters. The summed E-state index contributed by atoms with van der Waals surface area (Å²) in [4.78, 5) is 12.8. The van der Waals surface area contributed by atoms with Crippen molar-refractivity contribution >= 4 is 22.5 Å². The maximum Gasteiger partial charge on any atom is 0.416 e. The topological polar surface area (TPSA) is 51.5 Å². The third kappa shape index (κ3) is 3.15. The number of hydrogen-bond acceptors (Lipinski definition) is 3. The van der Waals surface area contributed by atoms with Gasteiger partial charge in [0.1, 0.15) is 5.75 Å². The molecule has 0 bridgehead atoms. The number of methoxy groups -OCH3 is 1. The van der Waals surface area contributed by atoms with Crippen LogP contribution in [0.4, 0.5) is 13.2 Å². The van der Waals surface area contributed by atoms with E-state index < -0.39 is 23.9 Å². The fraction of sp³-hybridized carbons (Fsp3) is 0.167. The molecule has 0 aliphatic heterocycles. The number of rotatable bonds is 3. The van der Waals surface area contributed by atoms with Gasteiger partial charge in [-0.25, -0.2) is 0 Å². The Hall–Kier alpha value is -2.51. The SMILES string of the molecule is COc1ccc(Cl)cc1-n1c(=O)c(CO)cc2cc(C(F)(F)F)ccc21. The Kier molecular flexibility index (Phi) is 4.68. The van der Waals surface area contributed by atoms with Crippen LogP contribution in [0.25, 0.3) is 16.6 Å². The van der Waals surface area contributed by atoms with Gasteiger partial charge in [0.05, 0.1) is 30.5 Å². The average Bonchev–Trinajstić information content (AvgIpc) is 2.60. The van der Waals surface area contributed by atoms with Crippen molar-refractivity contribution in [3.63, 3.8) is 0 Å². The normalized spacial score (nSPS) is 11.8. The third-order valence-electron chi connectivity index (χ3n) is 3.96. The first kappa shape index (κ1) is 18.3. The number of alkyl halides is 3. The lowest BCUT2D eigenvalue weighted by Gasteiger charge is -2.17. The van der Waals surface area contributed by atoms with Crippen molar-refractivity contribution in [1.29, 1.82) is 0 Å². The van der Waals surface area contributed by atoms with E-state index in [9.17, 15) is 23.1 Å². The van der Waals surface area contributed by atoms with E-state index in [0.29, 0.717) is 10.8 Å². The number of aromatic nitrogens is 1. The van der Waals surface area contributed by atoms with E-state index in [0.717, 1.165) is 12.1 Å². The van der Waals surface area contributed by atoms with E-state index in [1.54, 1.807) is 12.1 Å². The summed E-state index contributed by atoms with van der Waals surface area (Å²) in [6.45, 7) is -0.617. The average molecular weight is 384 g/mol. The van der Waals surface area contributed by atoms with Crippen molar-refractivity contribution < 1.29 is 23.0 Å². The molecule has 1 aromatic heterocycles. The Morgan fingerprint density at radius 1 is 1.15 bits per heavy atom. The lowest BCUT2D eigenvalue weighted by molar-refractivity contribution is -0.137. The van der Waals surface area contributed by atoms with Crippen LogP contribution < -0.4 is 10.3 Å². The van der Waals surface area contributed by atoms with Crippen LogP contribution in [0, 0.1) is 0 Å². The fourth-order valence-corrected chi connectivity index (χ4v) is 2.91. The maximum atomic E-state index is 13.0. The molecule has 0 saturated heterocycles. The number of benzene rings is 2. The van der Waals surface area contributed by atoms with Gasteiger partial charge in [-0.15, -0.1) is 0 Å². The predicted octanol–water partition coefficient (Wildman–Crippen LogP) is 4.16. The van der Waals surface area contributed by atoms with Gasteiger partial charge in [-0.1, -0.05) is 11.6 Å². The van der Waals surface area contributed by atoms with Gasteiger partial charge in [0.2, 0.25) is 0 Å². The molecule has 3 rings (SSSR count). The number of nitrogens with zero attached hydrogens (tertiary/aromatic N) is 1. The molecule has 1 N–H and O–H groups in total. The fourth-order valence-electron chi connectivity index (χ4n) is 2.74. The van der Waals surface area contributed by atoms with Crippen LogP contribution in [-0.2, 0) is 12.8 Å². The molecule has 8 heteroatoms. The Bertz CT molecular complexity index is 1040. The maximum absolute atomic E-state index is 13.0. The number of halogens is 4. The highest BCUT2D eigenvalue weighted by Gasteiger charge is 2.30. The summed E-state index contributed by atoms with van der Waals surface area (Å²) in [5, 5.41) is 9.95. The standard InChI is InChI=1S/C18H13ClF3NO3/c1-26-16-5-3-13(19)8-15(16)23-14-4-2-12(18(20,21)22)7-10(14)6-11(9-24)17(23)25/h2-8,24H,9H2,1H3. The molecular weight excluding hydrogens is 371 g/mol. The molecule has 0 fully saturated rings. The van der Waals surface area contributed by atoms with Gasteiger partial charge in [-0.2, -0.15) is 13.2 Å². The van der Waals surface area contributed by atoms with Gasteiger partial charge in [0.25, 0.3) is 5.56 Å². The summed E-state index contributed by atoms with van der Waals surface area (Å²) in [5.41, 5.74) is -0.956. The minimum Gasteiger partial charge on any atom is -0.495 e. The summed E-state index contributed by atoms with van der Waals surface area (Å²) < 4.78 is 45.5.